The van der Waals surface area contributed by atoms with Gasteiger partial charge in [0.2, 0.25) is 0 Å². The average Bonchev–Trinajstić information content (AvgIpc) is 3.29. The first-order valence-corrected chi connectivity index (χ1v) is 14.7. The Hall–Kier alpha value is -2.39. The van der Waals surface area contributed by atoms with Gasteiger partial charge in [0.15, 0.2) is 16.4 Å². The van der Waals surface area contributed by atoms with Crippen LogP contribution >= 0.6 is 11.3 Å². The molecule has 2 aromatic rings. The van der Waals surface area contributed by atoms with Crippen molar-refractivity contribution in [3.8, 4) is 5.75 Å². The fourth-order valence-electron chi connectivity index (χ4n) is 4.84. The Bertz CT molecular complexity index is 1230. The Morgan fingerprint density at radius 3 is 2.63 bits per heavy atom. The number of nitrogens with one attached hydrogen (secondary N) is 2. The summed E-state index contributed by atoms with van der Waals surface area (Å²) in [6.07, 6.45) is 3.00. The van der Waals surface area contributed by atoms with Gasteiger partial charge < -0.3 is 15.4 Å². The monoisotopic (exact) mass is 518 g/mol. The second-order valence-corrected chi connectivity index (χ2v) is 14.1. The molecule has 2 aliphatic rings. The number of aryl methyl sites for hydroxylation is 1. The van der Waals surface area contributed by atoms with Crippen LogP contribution in [0.1, 0.15) is 60.0 Å². The van der Waals surface area contributed by atoms with E-state index in [-0.39, 0.29) is 35.3 Å². The van der Waals surface area contributed by atoms with Crippen LogP contribution in [-0.4, -0.2) is 44.4 Å². The van der Waals surface area contributed by atoms with E-state index in [4.69, 9.17) is 4.74 Å². The molecule has 2 amide bonds. The van der Waals surface area contributed by atoms with Crippen LogP contribution in [0.25, 0.3) is 0 Å². The molecule has 190 valence electrons. The van der Waals surface area contributed by atoms with Crippen molar-refractivity contribution in [2.24, 2.45) is 11.3 Å². The van der Waals surface area contributed by atoms with Crippen molar-refractivity contribution in [1.29, 1.82) is 0 Å². The number of carbonyl (C=O) groups excluding carboxylic acids is 2. The van der Waals surface area contributed by atoms with E-state index in [1.54, 1.807) is 6.07 Å². The molecule has 2 unspecified atom stereocenters. The normalized spacial score (nSPS) is 21.3. The molecule has 7 nitrogen and oxygen atoms in total. The highest BCUT2D eigenvalue weighted by atomic mass is 32.2. The Kier molecular flexibility index (Phi) is 7.29. The molecule has 0 bridgehead atoms. The first-order valence-electron chi connectivity index (χ1n) is 12.1. The number of hydrogen-bond acceptors (Lipinski definition) is 6. The van der Waals surface area contributed by atoms with Crippen LogP contribution < -0.4 is 15.4 Å². The van der Waals surface area contributed by atoms with Crippen LogP contribution in [0.5, 0.6) is 5.75 Å². The van der Waals surface area contributed by atoms with Crippen molar-refractivity contribution >= 4 is 38.0 Å². The third kappa shape index (κ3) is 6.25. The highest BCUT2D eigenvalue weighted by Gasteiger charge is 2.36. The minimum Gasteiger partial charge on any atom is -0.484 e. The van der Waals surface area contributed by atoms with Crippen molar-refractivity contribution in [3.05, 3.63) is 45.8 Å². The molecule has 0 saturated carbocycles. The molecule has 2 N–H and O–H groups in total. The Morgan fingerprint density at radius 2 is 1.97 bits per heavy atom. The molecule has 2 atom stereocenters. The van der Waals surface area contributed by atoms with E-state index in [1.807, 2.05) is 25.1 Å². The lowest BCUT2D eigenvalue weighted by Crippen LogP contribution is -2.36. The maximum atomic E-state index is 13.4. The zero-order valence-corrected chi connectivity index (χ0v) is 22.4. The molecule has 1 aliphatic carbocycles. The molecule has 4 rings (SSSR count). The van der Waals surface area contributed by atoms with E-state index in [2.05, 4.69) is 31.4 Å². The Labute approximate surface area is 211 Å². The third-order valence-corrected chi connectivity index (χ3v) is 9.83. The molecule has 1 aromatic heterocycles. The molecule has 1 saturated heterocycles. The number of benzene rings is 1. The fraction of sp³-hybridized carbons (Fsp3) is 0.538. The lowest BCUT2D eigenvalue weighted by atomic mass is 9.72. The molecule has 1 fully saturated rings. The van der Waals surface area contributed by atoms with Crippen LogP contribution in [0.4, 0.5) is 5.00 Å². The summed E-state index contributed by atoms with van der Waals surface area (Å²) in [5, 5.41) is 6.33. The molecule has 1 aromatic carbocycles. The van der Waals surface area contributed by atoms with Gasteiger partial charge in [0.1, 0.15) is 10.8 Å². The number of thiophene rings is 1. The van der Waals surface area contributed by atoms with Gasteiger partial charge in [-0.3, -0.25) is 9.59 Å². The van der Waals surface area contributed by atoms with Crippen LogP contribution in [-0.2, 0) is 27.5 Å². The lowest BCUT2D eigenvalue weighted by Gasteiger charge is -2.33. The van der Waals surface area contributed by atoms with Crippen molar-refractivity contribution in [2.75, 3.05) is 23.4 Å². The Balaban J connectivity index is 1.54. The molecule has 1 aliphatic heterocycles. The summed E-state index contributed by atoms with van der Waals surface area (Å²) < 4.78 is 29.4. The van der Waals surface area contributed by atoms with Gasteiger partial charge in [-0.1, -0.05) is 32.9 Å². The Morgan fingerprint density at radius 1 is 1.20 bits per heavy atom. The largest absolute Gasteiger partial charge is 0.484 e. The topological polar surface area (TPSA) is 102 Å². The van der Waals surface area contributed by atoms with Gasteiger partial charge in [-0.25, -0.2) is 8.42 Å². The van der Waals surface area contributed by atoms with Gasteiger partial charge in [-0.05, 0) is 67.2 Å². The van der Waals surface area contributed by atoms with Gasteiger partial charge in [0.25, 0.3) is 11.8 Å². The summed E-state index contributed by atoms with van der Waals surface area (Å²) in [5.41, 5.74) is 2.64. The van der Waals surface area contributed by atoms with E-state index in [9.17, 15) is 18.0 Å². The second-order valence-electron chi connectivity index (χ2n) is 10.7. The zero-order chi connectivity index (χ0) is 25.4. The summed E-state index contributed by atoms with van der Waals surface area (Å²) in [4.78, 5) is 27.3. The van der Waals surface area contributed by atoms with Gasteiger partial charge in [0.05, 0.1) is 17.1 Å². The van der Waals surface area contributed by atoms with E-state index >= 15 is 0 Å². The molecular weight excluding hydrogens is 484 g/mol. The standard InChI is InChI=1S/C26H34N2O5S2/c1-16-6-5-7-19(12-16)33-14-22(29)28-25-23(24(30)27-18-10-11-35(31,32)15-18)20-9-8-17(26(2,3)4)13-21(20)34-25/h5-7,12,17-18H,8-11,13-15H2,1-4H3,(H,27,30)(H,28,29). The second kappa shape index (κ2) is 9.93. The third-order valence-electron chi connectivity index (χ3n) is 6.90. The molecule has 2 heterocycles. The van der Waals surface area contributed by atoms with E-state index in [1.165, 1.54) is 11.3 Å². The summed E-state index contributed by atoms with van der Waals surface area (Å²) in [7, 11) is -3.12. The maximum Gasteiger partial charge on any atom is 0.262 e. The van der Waals surface area contributed by atoms with Crippen LogP contribution in [0, 0.1) is 18.3 Å². The summed E-state index contributed by atoms with van der Waals surface area (Å²) in [6.45, 7) is 8.48. The summed E-state index contributed by atoms with van der Waals surface area (Å²) >= 11 is 1.45. The van der Waals surface area contributed by atoms with Gasteiger partial charge in [-0.2, -0.15) is 0 Å². The minimum absolute atomic E-state index is 0.0385. The number of amides is 2. The van der Waals surface area contributed by atoms with Gasteiger partial charge in [-0.15, -0.1) is 11.3 Å². The molecule has 0 radical (unpaired) electrons. The maximum absolute atomic E-state index is 13.4. The van der Waals surface area contributed by atoms with Crippen molar-refractivity contribution in [2.45, 2.75) is 59.4 Å². The van der Waals surface area contributed by atoms with Crippen LogP contribution in [0.2, 0.25) is 0 Å². The predicted octanol–water partition coefficient (Wildman–Crippen LogP) is 4.14. The van der Waals surface area contributed by atoms with Crippen molar-refractivity contribution in [1.82, 2.24) is 5.32 Å². The van der Waals surface area contributed by atoms with Gasteiger partial charge >= 0.3 is 0 Å². The molecular formula is C26H34N2O5S2. The highest BCUT2D eigenvalue weighted by Crippen LogP contribution is 2.44. The smallest absolute Gasteiger partial charge is 0.262 e. The first kappa shape index (κ1) is 25.7. The van der Waals surface area contributed by atoms with Gasteiger partial charge in [0, 0.05) is 10.9 Å². The lowest BCUT2D eigenvalue weighted by molar-refractivity contribution is -0.118. The number of fused-ring (bicyclic) bond motifs is 1. The van der Waals surface area contributed by atoms with Crippen molar-refractivity contribution < 1.29 is 22.7 Å². The van der Waals surface area contributed by atoms with Crippen LogP contribution in [0.15, 0.2) is 24.3 Å². The minimum atomic E-state index is -3.12. The number of sulfone groups is 1. The first-order chi connectivity index (χ1) is 16.4. The fourth-order valence-corrected chi connectivity index (χ4v) is 7.85. The predicted molar refractivity (Wildman–Crippen MR) is 139 cm³/mol. The van der Waals surface area contributed by atoms with E-state index < -0.39 is 15.9 Å². The van der Waals surface area contributed by atoms with Crippen molar-refractivity contribution in [3.63, 3.8) is 0 Å². The number of rotatable bonds is 6. The van der Waals surface area contributed by atoms with E-state index in [0.29, 0.717) is 28.7 Å². The molecule has 9 heteroatoms. The summed E-state index contributed by atoms with van der Waals surface area (Å²) in [6, 6.07) is 7.08. The quantitative estimate of drug-likeness (QED) is 0.599. The highest BCUT2D eigenvalue weighted by molar-refractivity contribution is 7.91. The number of carbonyl (C=O) groups is 2. The van der Waals surface area contributed by atoms with Crippen LogP contribution in [0.3, 0.4) is 0 Å². The summed E-state index contributed by atoms with van der Waals surface area (Å²) in [5.74, 6) is 0.497. The average molecular weight is 519 g/mol. The SMILES string of the molecule is Cc1cccc(OCC(=O)Nc2sc3c(c2C(=O)NC2CCS(=O)(=O)C2)CCC(C(C)(C)C)C3)c1. The zero-order valence-electron chi connectivity index (χ0n) is 20.8. The molecule has 35 heavy (non-hydrogen) atoms. The van der Waals surface area contributed by atoms with E-state index in [0.717, 1.165) is 35.3 Å². The number of anilines is 1. The number of ether oxygens (including phenoxy) is 1. The molecule has 0 spiro atoms. The number of hydrogen-bond donors (Lipinski definition) is 2.